The van der Waals surface area contributed by atoms with Gasteiger partial charge in [0.2, 0.25) is 0 Å². The molecular weight excluding hydrogens is 162 g/mol. The molecule has 1 fully saturated rings. The zero-order valence-corrected chi connectivity index (χ0v) is 8.11. The summed E-state index contributed by atoms with van der Waals surface area (Å²) in [5, 5.41) is 0. The molecule has 1 unspecified atom stereocenters. The number of imidazole rings is 1. The largest absolute Gasteiger partial charge is 0.336 e. The van der Waals surface area contributed by atoms with Crippen molar-refractivity contribution in [2.75, 3.05) is 0 Å². The summed E-state index contributed by atoms with van der Waals surface area (Å²) >= 11 is 0. The first kappa shape index (κ1) is 8.75. The Kier molecular flexibility index (Phi) is 2.36. The van der Waals surface area contributed by atoms with Gasteiger partial charge in [-0.25, -0.2) is 4.98 Å². The molecule has 0 bridgehead atoms. The molecule has 2 N–H and O–H groups in total. The highest BCUT2D eigenvalue weighted by molar-refractivity contribution is 5.03. The van der Waals surface area contributed by atoms with E-state index in [0.29, 0.717) is 0 Å². The number of rotatable bonds is 4. The topological polar surface area (TPSA) is 43.8 Å². The molecule has 1 saturated carbocycles. The van der Waals surface area contributed by atoms with Crippen LogP contribution in [0.5, 0.6) is 0 Å². The monoisotopic (exact) mass is 179 g/mol. The third-order valence-corrected chi connectivity index (χ3v) is 2.82. The van der Waals surface area contributed by atoms with Crippen molar-refractivity contribution in [3.8, 4) is 0 Å². The molecule has 2 rings (SSSR count). The van der Waals surface area contributed by atoms with Gasteiger partial charge in [-0.15, -0.1) is 0 Å². The molecule has 0 aromatic carbocycles. The summed E-state index contributed by atoms with van der Waals surface area (Å²) in [6, 6.07) is 0.174. The third-order valence-electron chi connectivity index (χ3n) is 2.82. The van der Waals surface area contributed by atoms with Crippen molar-refractivity contribution < 1.29 is 0 Å². The molecule has 1 aromatic rings. The molecule has 3 heteroatoms. The standard InChI is InChI=1S/C10H17N3/c1-13-7-12-6-10(13)9(11)5-4-8-2-3-8/h6-9H,2-5,11H2,1H3. The van der Waals surface area contributed by atoms with E-state index in [-0.39, 0.29) is 6.04 Å². The van der Waals surface area contributed by atoms with E-state index >= 15 is 0 Å². The Bertz CT molecular complexity index is 275. The van der Waals surface area contributed by atoms with Gasteiger partial charge in [0.15, 0.2) is 0 Å². The van der Waals surface area contributed by atoms with Crippen molar-refractivity contribution in [2.45, 2.75) is 31.7 Å². The van der Waals surface area contributed by atoms with Crippen LogP contribution in [0.2, 0.25) is 0 Å². The molecule has 1 aromatic heterocycles. The fourth-order valence-corrected chi connectivity index (χ4v) is 1.69. The molecule has 1 aliphatic rings. The average molecular weight is 179 g/mol. The highest BCUT2D eigenvalue weighted by Crippen LogP contribution is 2.35. The molecule has 0 spiro atoms. The van der Waals surface area contributed by atoms with Gasteiger partial charge in [-0.1, -0.05) is 12.8 Å². The fourth-order valence-electron chi connectivity index (χ4n) is 1.69. The molecule has 0 amide bonds. The van der Waals surface area contributed by atoms with E-state index in [0.717, 1.165) is 18.0 Å². The second-order valence-electron chi connectivity index (χ2n) is 4.06. The predicted molar refractivity (Wildman–Crippen MR) is 52.1 cm³/mol. The van der Waals surface area contributed by atoms with E-state index in [1.807, 2.05) is 24.1 Å². The van der Waals surface area contributed by atoms with Crippen LogP contribution in [0.1, 0.15) is 37.4 Å². The number of hydrogen-bond donors (Lipinski definition) is 1. The minimum Gasteiger partial charge on any atom is -0.336 e. The zero-order chi connectivity index (χ0) is 9.26. The van der Waals surface area contributed by atoms with Crippen LogP contribution in [0.15, 0.2) is 12.5 Å². The van der Waals surface area contributed by atoms with Gasteiger partial charge in [-0.2, -0.15) is 0 Å². The van der Waals surface area contributed by atoms with E-state index in [4.69, 9.17) is 5.73 Å². The molecule has 0 radical (unpaired) electrons. The van der Waals surface area contributed by atoms with E-state index in [2.05, 4.69) is 4.98 Å². The number of aryl methyl sites for hydroxylation is 1. The lowest BCUT2D eigenvalue weighted by Gasteiger charge is -2.11. The summed E-state index contributed by atoms with van der Waals surface area (Å²) in [7, 11) is 2.00. The SMILES string of the molecule is Cn1cncc1C(N)CCC1CC1. The first-order valence-electron chi connectivity index (χ1n) is 4.99. The number of nitrogens with two attached hydrogens (primary N) is 1. The third kappa shape index (κ3) is 2.10. The smallest absolute Gasteiger partial charge is 0.0946 e. The molecule has 1 aliphatic carbocycles. The predicted octanol–water partition coefficient (Wildman–Crippen LogP) is 1.61. The molecule has 3 nitrogen and oxygen atoms in total. The van der Waals surface area contributed by atoms with Crippen LogP contribution in [0.3, 0.4) is 0 Å². The summed E-state index contributed by atoms with van der Waals surface area (Å²) < 4.78 is 2.01. The molecular formula is C10H17N3. The second kappa shape index (κ2) is 3.50. The first-order valence-corrected chi connectivity index (χ1v) is 4.99. The van der Waals surface area contributed by atoms with Crippen LogP contribution < -0.4 is 5.73 Å². The van der Waals surface area contributed by atoms with Gasteiger partial charge in [-0.05, 0) is 18.8 Å². The number of aromatic nitrogens is 2. The van der Waals surface area contributed by atoms with Crippen molar-refractivity contribution in [3.63, 3.8) is 0 Å². The lowest BCUT2D eigenvalue weighted by atomic mass is 10.1. The minimum atomic E-state index is 0.174. The Hall–Kier alpha value is -0.830. The molecule has 0 aliphatic heterocycles. The summed E-state index contributed by atoms with van der Waals surface area (Å²) in [5.74, 6) is 0.972. The van der Waals surface area contributed by atoms with Gasteiger partial charge in [-0.3, -0.25) is 0 Å². The summed E-state index contributed by atoms with van der Waals surface area (Å²) in [5.41, 5.74) is 7.21. The van der Waals surface area contributed by atoms with E-state index in [1.165, 1.54) is 19.3 Å². The molecule has 0 saturated heterocycles. The first-order chi connectivity index (χ1) is 6.27. The summed E-state index contributed by atoms with van der Waals surface area (Å²) in [4.78, 5) is 4.07. The number of nitrogens with zero attached hydrogens (tertiary/aromatic N) is 2. The quantitative estimate of drug-likeness (QED) is 0.763. The molecule has 1 heterocycles. The molecule has 13 heavy (non-hydrogen) atoms. The maximum Gasteiger partial charge on any atom is 0.0946 e. The Morgan fingerprint density at radius 3 is 3.00 bits per heavy atom. The second-order valence-corrected chi connectivity index (χ2v) is 4.06. The van der Waals surface area contributed by atoms with Gasteiger partial charge >= 0.3 is 0 Å². The Morgan fingerprint density at radius 1 is 1.69 bits per heavy atom. The van der Waals surface area contributed by atoms with E-state index in [1.54, 1.807) is 0 Å². The van der Waals surface area contributed by atoms with Crippen LogP contribution in [0.25, 0.3) is 0 Å². The van der Waals surface area contributed by atoms with Crippen LogP contribution in [-0.2, 0) is 7.05 Å². The van der Waals surface area contributed by atoms with Gasteiger partial charge in [0.25, 0.3) is 0 Å². The van der Waals surface area contributed by atoms with E-state index < -0.39 is 0 Å². The van der Waals surface area contributed by atoms with Gasteiger partial charge in [0, 0.05) is 19.3 Å². The van der Waals surface area contributed by atoms with Crippen LogP contribution in [0, 0.1) is 5.92 Å². The fraction of sp³-hybridized carbons (Fsp3) is 0.700. The Balaban J connectivity index is 1.88. The van der Waals surface area contributed by atoms with Crippen LogP contribution in [0.4, 0.5) is 0 Å². The van der Waals surface area contributed by atoms with Gasteiger partial charge < -0.3 is 10.3 Å². The van der Waals surface area contributed by atoms with Crippen LogP contribution in [-0.4, -0.2) is 9.55 Å². The highest BCUT2D eigenvalue weighted by Gasteiger charge is 2.22. The minimum absolute atomic E-state index is 0.174. The lowest BCUT2D eigenvalue weighted by Crippen LogP contribution is -2.13. The highest BCUT2D eigenvalue weighted by atomic mass is 15.0. The molecule has 1 atom stereocenters. The van der Waals surface area contributed by atoms with Crippen molar-refractivity contribution in [1.82, 2.24) is 9.55 Å². The zero-order valence-electron chi connectivity index (χ0n) is 8.11. The van der Waals surface area contributed by atoms with Crippen molar-refractivity contribution in [3.05, 3.63) is 18.2 Å². The van der Waals surface area contributed by atoms with Crippen LogP contribution >= 0.6 is 0 Å². The summed E-state index contributed by atoms with van der Waals surface area (Å²) in [6.07, 6.45) is 8.90. The Labute approximate surface area is 79.0 Å². The van der Waals surface area contributed by atoms with Crippen molar-refractivity contribution in [1.29, 1.82) is 0 Å². The summed E-state index contributed by atoms with van der Waals surface area (Å²) in [6.45, 7) is 0. The maximum absolute atomic E-state index is 6.06. The number of hydrogen-bond acceptors (Lipinski definition) is 2. The van der Waals surface area contributed by atoms with Gasteiger partial charge in [0.05, 0.1) is 12.0 Å². The normalized spacial score (nSPS) is 18.9. The molecule has 72 valence electrons. The Morgan fingerprint density at radius 2 is 2.46 bits per heavy atom. The average Bonchev–Trinajstić information content (AvgIpc) is 2.84. The van der Waals surface area contributed by atoms with E-state index in [9.17, 15) is 0 Å². The lowest BCUT2D eigenvalue weighted by molar-refractivity contribution is 0.550. The van der Waals surface area contributed by atoms with Crippen molar-refractivity contribution in [2.24, 2.45) is 18.7 Å². The maximum atomic E-state index is 6.06. The van der Waals surface area contributed by atoms with Crippen molar-refractivity contribution >= 4 is 0 Å². The van der Waals surface area contributed by atoms with Gasteiger partial charge in [0.1, 0.15) is 0 Å².